The van der Waals surface area contributed by atoms with E-state index in [1.54, 1.807) is 0 Å². The van der Waals surface area contributed by atoms with E-state index in [9.17, 15) is 0 Å². The summed E-state index contributed by atoms with van der Waals surface area (Å²) in [6.07, 6.45) is 0. The van der Waals surface area contributed by atoms with Crippen molar-refractivity contribution in [3.63, 3.8) is 0 Å². The van der Waals surface area contributed by atoms with Gasteiger partial charge in [0.2, 0.25) is 0 Å². The van der Waals surface area contributed by atoms with Gasteiger partial charge in [0, 0.05) is 173 Å². The summed E-state index contributed by atoms with van der Waals surface area (Å²) < 4.78 is 0. The second kappa shape index (κ2) is 30.9. The molecule has 0 aliphatic carbocycles. The van der Waals surface area contributed by atoms with Crippen LogP contribution in [0, 0.1) is 0 Å². The standard InChI is InChI=1S/Co.Cs.Fe.K.H3P.V/h;;;;1H3;. The van der Waals surface area contributed by atoms with Crippen molar-refractivity contribution in [3.05, 3.63) is 0 Å². The maximum atomic E-state index is 0. The summed E-state index contributed by atoms with van der Waals surface area (Å²) in [6, 6.07) is 0. The molecule has 0 spiro atoms. The predicted molar refractivity (Wildman–Crippen MR) is 22.6 cm³/mol. The Kier molecular flexibility index (Phi) is 212. The van der Waals surface area contributed by atoms with Gasteiger partial charge in [-0.2, -0.15) is 9.90 Å². The smallest absolute Gasteiger partial charge is 0 e. The van der Waals surface area contributed by atoms with E-state index < -0.39 is 0 Å². The third kappa shape index (κ3) is 22.6. The van der Waals surface area contributed by atoms with Crippen LogP contribution in [0.4, 0.5) is 0 Å². The first-order valence-electron chi connectivity index (χ1n) is 0. The van der Waals surface area contributed by atoms with Crippen LogP contribution in [0.3, 0.4) is 0 Å². The zero-order chi connectivity index (χ0) is 0. The second-order valence-electron chi connectivity index (χ2n) is 0. The third-order valence-electron chi connectivity index (χ3n) is 0. The first kappa shape index (κ1) is 41.1. The molecular formula is H3CoCsFeKPV. The topological polar surface area (TPSA) is 0 Å². The molecule has 1 atom stereocenters. The van der Waals surface area contributed by atoms with Crippen molar-refractivity contribution >= 4 is 130 Å². The molecular weight excluding hydrogens is 369 g/mol. The molecule has 0 bridgehead atoms. The van der Waals surface area contributed by atoms with Crippen LogP contribution >= 0.6 is 9.90 Å². The van der Waals surface area contributed by atoms with E-state index in [4.69, 9.17) is 0 Å². The van der Waals surface area contributed by atoms with Crippen molar-refractivity contribution in [1.82, 2.24) is 0 Å². The molecule has 0 aromatic rings. The van der Waals surface area contributed by atoms with Crippen molar-refractivity contribution in [2.75, 3.05) is 0 Å². The van der Waals surface area contributed by atoms with E-state index in [0.29, 0.717) is 0 Å². The van der Waals surface area contributed by atoms with Gasteiger partial charge >= 0.3 is 0 Å². The van der Waals surface area contributed by atoms with Crippen LogP contribution in [0.1, 0.15) is 0 Å². The fourth-order valence-corrected chi connectivity index (χ4v) is 0. The number of hydrogen-bond acceptors (Lipinski definition) is 0. The maximum Gasteiger partial charge on any atom is 0 e. The second-order valence-corrected chi connectivity index (χ2v) is 0. The monoisotopic (exact) mass is 372 g/mol. The fourth-order valence-electron chi connectivity index (χ4n) is 0. The molecule has 6 heteroatoms. The maximum absolute atomic E-state index is 0. The van der Waals surface area contributed by atoms with Crippen molar-refractivity contribution in [1.29, 1.82) is 0 Å². The Bertz CT molecular complexity index is 15.5. The third-order valence-corrected chi connectivity index (χ3v) is 0. The minimum Gasteiger partial charge on any atom is -0.153 e. The molecule has 0 aromatic carbocycles. The van der Waals surface area contributed by atoms with Crippen LogP contribution in [0.15, 0.2) is 0 Å². The summed E-state index contributed by atoms with van der Waals surface area (Å²) >= 11 is 0. The first-order valence-corrected chi connectivity index (χ1v) is 0. The molecule has 0 aliphatic heterocycles. The SMILES string of the molecule is P.[Co].[Cs].[Fe].[K].[V]. The normalized spacial score (nSPS) is 0. The van der Waals surface area contributed by atoms with E-state index in [2.05, 4.69) is 0 Å². The van der Waals surface area contributed by atoms with Gasteiger partial charge in [-0.15, -0.1) is 0 Å². The predicted octanol–water partition coefficient (Wildman–Crippen LogP) is -0.711. The van der Waals surface area contributed by atoms with Gasteiger partial charge in [-0.1, -0.05) is 0 Å². The van der Waals surface area contributed by atoms with Gasteiger partial charge in [0.05, 0.1) is 0 Å². The van der Waals surface area contributed by atoms with Crippen molar-refractivity contribution in [2.45, 2.75) is 0 Å². The molecule has 0 amide bonds. The molecule has 0 aliphatic rings. The average Bonchev–Trinajstić information content (AvgIpc) is 0. The van der Waals surface area contributed by atoms with Crippen LogP contribution in [0.5, 0.6) is 0 Å². The van der Waals surface area contributed by atoms with Gasteiger partial charge in [-0.25, -0.2) is 0 Å². The molecule has 6 heavy (non-hydrogen) atoms. The van der Waals surface area contributed by atoms with Crippen LogP contribution in [0.2, 0.25) is 0 Å². The zero-order valence-corrected chi connectivity index (χ0v) is 18.2. The summed E-state index contributed by atoms with van der Waals surface area (Å²) in [7, 11) is 0. The molecule has 0 N–H and O–H groups in total. The molecule has 4 radical (unpaired) electrons. The minimum absolute atomic E-state index is 0. The van der Waals surface area contributed by atoms with Crippen molar-refractivity contribution in [3.8, 4) is 0 Å². The Morgan fingerprint density at radius 2 is 1.00 bits per heavy atom. The Balaban J connectivity index is 0. The van der Waals surface area contributed by atoms with E-state index in [0.717, 1.165) is 0 Å². The van der Waals surface area contributed by atoms with Gasteiger partial charge in [0.15, 0.2) is 0 Å². The van der Waals surface area contributed by atoms with Gasteiger partial charge in [0.1, 0.15) is 0 Å². The van der Waals surface area contributed by atoms with Crippen LogP contribution in [-0.2, 0) is 52.4 Å². The van der Waals surface area contributed by atoms with Gasteiger partial charge < -0.3 is 0 Å². The number of hydrogen-bond donors (Lipinski definition) is 0. The number of rotatable bonds is 0. The largest absolute Gasteiger partial charge is 0.153 e. The van der Waals surface area contributed by atoms with Crippen molar-refractivity contribution in [2.24, 2.45) is 0 Å². The summed E-state index contributed by atoms with van der Waals surface area (Å²) in [5, 5.41) is 0. The molecule has 1 unspecified atom stereocenters. The van der Waals surface area contributed by atoms with Gasteiger partial charge in [-0.3, -0.25) is 0 Å². The van der Waals surface area contributed by atoms with Crippen LogP contribution in [0.25, 0.3) is 0 Å². The van der Waals surface area contributed by atoms with E-state index in [1.807, 2.05) is 0 Å². The Morgan fingerprint density at radius 3 is 1.00 bits per heavy atom. The molecule has 0 nitrogen and oxygen atoms in total. The van der Waals surface area contributed by atoms with Crippen LogP contribution < -0.4 is 0 Å². The van der Waals surface area contributed by atoms with Crippen LogP contribution in [-0.4, -0.2) is 120 Å². The molecule has 0 saturated heterocycles. The van der Waals surface area contributed by atoms with Gasteiger partial charge in [0.25, 0.3) is 0 Å². The van der Waals surface area contributed by atoms with E-state index in [1.165, 1.54) is 0 Å². The first-order chi connectivity index (χ1) is 0. The summed E-state index contributed by atoms with van der Waals surface area (Å²) in [5.74, 6) is 0. The molecule has 0 aromatic heterocycles. The Hall–Kier alpha value is 5.73. The van der Waals surface area contributed by atoms with E-state index in [-0.39, 0.29) is 183 Å². The quantitative estimate of drug-likeness (QED) is 0.390. The summed E-state index contributed by atoms with van der Waals surface area (Å²) in [4.78, 5) is 0. The molecule has 0 saturated carbocycles. The zero-order valence-electron chi connectivity index (χ0n) is 3.84. The average molecular weight is 372 g/mol. The summed E-state index contributed by atoms with van der Waals surface area (Å²) in [6.45, 7) is 0. The Morgan fingerprint density at radius 1 is 1.00 bits per heavy atom. The molecule has 0 fully saturated rings. The Labute approximate surface area is 176 Å². The summed E-state index contributed by atoms with van der Waals surface area (Å²) in [5.41, 5.74) is 0. The molecule has 0 heterocycles. The minimum atomic E-state index is 0. The molecule has 32 valence electrons. The van der Waals surface area contributed by atoms with E-state index >= 15 is 0 Å². The van der Waals surface area contributed by atoms with Crippen molar-refractivity contribution < 1.29 is 52.4 Å². The van der Waals surface area contributed by atoms with Gasteiger partial charge in [-0.05, 0) is 0 Å². The molecule has 0 rings (SSSR count). The fraction of sp³-hybridized carbons (Fsp3) is 0.